The standard InChI is InChI=1S/C21H29NO4/c1-24-17-6-18(25-2)8-19(7-17)26-12-20(23)22-13-21-9-14-3-15(10-21)5-16(4-14)11-21/h6-8,14-16H,3-5,9-13H2,1-2H3,(H,22,23). The van der Waals surface area contributed by atoms with E-state index >= 15 is 0 Å². The second-order valence-corrected chi connectivity index (χ2v) is 8.53. The Labute approximate surface area is 155 Å². The second kappa shape index (κ2) is 7.01. The minimum absolute atomic E-state index is 0.0166. The van der Waals surface area contributed by atoms with Crippen LogP contribution in [0.3, 0.4) is 0 Å². The maximum atomic E-state index is 12.3. The molecule has 0 aromatic heterocycles. The van der Waals surface area contributed by atoms with E-state index in [1.165, 1.54) is 38.5 Å². The largest absolute Gasteiger partial charge is 0.496 e. The van der Waals surface area contributed by atoms with Crippen molar-refractivity contribution in [3.63, 3.8) is 0 Å². The number of ether oxygens (including phenoxy) is 3. The normalized spacial score (nSPS) is 31.5. The van der Waals surface area contributed by atoms with E-state index in [-0.39, 0.29) is 12.5 Å². The van der Waals surface area contributed by atoms with Crippen molar-refractivity contribution in [2.24, 2.45) is 23.2 Å². The van der Waals surface area contributed by atoms with E-state index in [0.29, 0.717) is 22.7 Å². The molecule has 1 amide bonds. The van der Waals surface area contributed by atoms with Gasteiger partial charge in [-0.2, -0.15) is 0 Å². The molecule has 0 aliphatic heterocycles. The van der Waals surface area contributed by atoms with Gasteiger partial charge in [0, 0.05) is 24.7 Å². The van der Waals surface area contributed by atoms with Crippen LogP contribution in [-0.2, 0) is 4.79 Å². The van der Waals surface area contributed by atoms with Gasteiger partial charge in [-0.05, 0) is 61.7 Å². The van der Waals surface area contributed by atoms with Gasteiger partial charge in [-0.1, -0.05) is 0 Å². The number of hydrogen-bond donors (Lipinski definition) is 1. The fourth-order valence-corrected chi connectivity index (χ4v) is 5.86. The summed E-state index contributed by atoms with van der Waals surface area (Å²) in [5.41, 5.74) is 0.351. The van der Waals surface area contributed by atoms with Crippen LogP contribution >= 0.6 is 0 Å². The summed E-state index contributed by atoms with van der Waals surface area (Å²) in [4.78, 5) is 12.3. The molecule has 4 saturated carbocycles. The molecular weight excluding hydrogens is 330 g/mol. The van der Waals surface area contributed by atoms with Crippen molar-refractivity contribution in [3.8, 4) is 17.2 Å². The van der Waals surface area contributed by atoms with Gasteiger partial charge >= 0.3 is 0 Å². The number of methoxy groups -OCH3 is 2. The summed E-state index contributed by atoms with van der Waals surface area (Å²) in [7, 11) is 3.19. The molecule has 0 atom stereocenters. The van der Waals surface area contributed by atoms with Crippen molar-refractivity contribution in [1.29, 1.82) is 0 Å². The van der Waals surface area contributed by atoms with Crippen LogP contribution in [-0.4, -0.2) is 33.3 Å². The Morgan fingerprint density at radius 2 is 1.46 bits per heavy atom. The molecular formula is C21H29NO4. The number of rotatable bonds is 7. The summed E-state index contributed by atoms with van der Waals surface area (Å²) < 4.78 is 16.1. The predicted molar refractivity (Wildman–Crippen MR) is 98.7 cm³/mol. The Morgan fingerprint density at radius 1 is 0.962 bits per heavy atom. The highest BCUT2D eigenvalue weighted by atomic mass is 16.5. The van der Waals surface area contributed by atoms with Crippen LogP contribution in [0.15, 0.2) is 18.2 Å². The van der Waals surface area contributed by atoms with Crippen molar-refractivity contribution in [2.75, 3.05) is 27.4 Å². The SMILES string of the molecule is COc1cc(OC)cc(OCC(=O)NCC23CC4CC(CC(C4)C2)C3)c1. The lowest BCUT2D eigenvalue weighted by molar-refractivity contribution is -0.125. The summed E-state index contributed by atoms with van der Waals surface area (Å²) in [5.74, 6) is 4.52. The van der Waals surface area contributed by atoms with Gasteiger partial charge in [-0.25, -0.2) is 0 Å². The first kappa shape index (κ1) is 17.5. The number of nitrogens with one attached hydrogen (secondary N) is 1. The molecule has 4 fully saturated rings. The summed E-state index contributed by atoms with van der Waals surface area (Å²) in [6.45, 7) is 0.822. The zero-order valence-corrected chi connectivity index (χ0v) is 15.8. The number of amides is 1. The Kier molecular flexibility index (Phi) is 4.72. The Hall–Kier alpha value is -1.91. The second-order valence-electron chi connectivity index (χ2n) is 8.53. The quantitative estimate of drug-likeness (QED) is 0.810. The monoisotopic (exact) mass is 359 g/mol. The van der Waals surface area contributed by atoms with Crippen molar-refractivity contribution in [2.45, 2.75) is 38.5 Å². The molecule has 1 N–H and O–H groups in total. The average molecular weight is 359 g/mol. The van der Waals surface area contributed by atoms with E-state index in [1.54, 1.807) is 32.4 Å². The minimum atomic E-state index is -0.0532. The zero-order valence-electron chi connectivity index (χ0n) is 15.8. The molecule has 142 valence electrons. The molecule has 4 bridgehead atoms. The fraction of sp³-hybridized carbons (Fsp3) is 0.667. The minimum Gasteiger partial charge on any atom is -0.496 e. The van der Waals surface area contributed by atoms with Gasteiger partial charge < -0.3 is 19.5 Å². The van der Waals surface area contributed by atoms with Crippen LogP contribution in [0.4, 0.5) is 0 Å². The molecule has 0 spiro atoms. The van der Waals surface area contributed by atoms with Crippen molar-refractivity contribution >= 4 is 5.91 Å². The summed E-state index contributed by atoms with van der Waals surface area (Å²) >= 11 is 0. The van der Waals surface area contributed by atoms with E-state index in [1.807, 2.05) is 0 Å². The number of hydrogen-bond acceptors (Lipinski definition) is 4. The van der Waals surface area contributed by atoms with Gasteiger partial charge in [0.05, 0.1) is 14.2 Å². The maximum Gasteiger partial charge on any atom is 0.257 e. The third-order valence-electron chi connectivity index (χ3n) is 6.52. The van der Waals surface area contributed by atoms with Crippen molar-refractivity contribution in [3.05, 3.63) is 18.2 Å². The summed E-state index contributed by atoms with van der Waals surface area (Å²) in [5, 5.41) is 3.14. The number of benzene rings is 1. The Bertz CT molecular complexity index is 614. The summed E-state index contributed by atoms with van der Waals surface area (Å²) in [6, 6.07) is 5.30. The van der Waals surface area contributed by atoms with Gasteiger partial charge in [0.15, 0.2) is 6.61 Å². The van der Waals surface area contributed by atoms with Crippen LogP contribution in [0.2, 0.25) is 0 Å². The lowest BCUT2D eigenvalue weighted by Gasteiger charge is -2.56. The van der Waals surface area contributed by atoms with E-state index in [0.717, 1.165) is 24.3 Å². The molecule has 0 heterocycles. The number of carbonyl (C=O) groups excluding carboxylic acids is 1. The summed E-state index contributed by atoms with van der Waals surface area (Å²) in [6.07, 6.45) is 8.17. The van der Waals surface area contributed by atoms with Crippen LogP contribution in [0, 0.1) is 23.2 Å². The van der Waals surface area contributed by atoms with E-state index in [4.69, 9.17) is 14.2 Å². The first-order valence-electron chi connectivity index (χ1n) is 9.70. The molecule has 26 heavy (non-hydrogen) atoms. The molecule has 4 aliphatic carbocycles. The predicted octanol–water partition coefficient (Wildman–Crippen LogP) is 3.42. The highest BCUT2D eigenvalue weighted by molar-refractivity contribution is 5.77. The molecule has 5 nitrogen and oxygen atoms in total. The maximum absolute atomic E-state index is 12.3. The lowest BCUT2D eigenvalue weighted by atomic mass is 9.49. The van der Waals surface area contributed by atoms with Crippen LogP contribution in [0.25, 0.3) is 0 Å². The first-order valence-corrected chi connectivity index (χ1v) is 9.70. The number of carbonyl (C=O) groups is 1. The lowest BCUT2D eigenvalue weighted by Crippen LogP contribution is -2.51. The Balaban J connectivity index is 1.30. The molecule has 4 aliphatic rings. The van der Waals surface area contributed by atoms with Gasteiger partial charge in [0.2, 0.25) is 0 Å². The highest BCUT2D eigenvalue weighted by Crippen LogP contribution is 2.59. The molecule has 1 aromatic carbocycles. The van der Waals surface area contributed by atoms with Gasteiger partial charge in [0.1, 0.15) is 17.2 Å². The third kappa shape index (κ3) is 3.62. The first-order chi connectivity index (χ1) is 12.6. The van der Waals surface area contributed by atoms with Crippen molar-refractivity contribution in [1.82, 2.24) is 5.32 Å². The molecule has 0 radical (unpaired) electrons. The van der Waals surface area contributed by atoms with Gasteiger partial charge in [-0.3, -0.25) is 4.79 Å². The molecule has 1 aromatic rings. The Morgan fingerprint density at radius 3 is 1.96 bits per heavy atom. The zero-order chi connectivity index (χ0) is 18.1. The average Bonchev–Trinajstić information content (AvgIpc) is 2.63. The smallest absolute Gasteiger partial charge is 0.257 e. The van der Waals surface area contributed by atoms with Crippen LogP contribution in [0.5, 0.6) is 17.2 Å². The molecule has 0 saturated heterocycles. The topological polar surface area (TPSA) is 56.8 Å². The molecule has 0 unspecified atom stereocenters. The van der Waals surface area contributed by atoms with Crippen LogP contribution < -0.4 is 19.5 Å². The van der Waals surface area contributed by atoms with Crippen LogP contribution in [0.1, 0.15) is 38.5 Å². The van der Waals surface area contributed by atoms with Gasteiger partial charge in [0.25, 0.3) is 5.91 Å². The fourth-order valence-electron chi connectivity index (χ4n) is 5.86. The van der Waals surface area contributed by atoms with Crippen molar-refractivity contribution < 1.29 is 19.0 Å². The molecule has 5 heteroatoms. The third-order valence-corrected chi connectivity index (χ3v) is 6.52. The van der Waals surface area contributed by atoms with E-state index < -0.39 is 0 Å². The van der Waals surface area contributed by atoms with E-state index in [2.05, 4.69) is 5.32 Å². The molecule has 5 rings (SSSR count). The highest BCUT2D eigenvalue weighted by Gasteiger charge is 2.50. The van der Waals surface area contributed by atoms with Gasteiger partial charge in [-0.15, -0.1) is 0 Å². The van der Waals surface area contributed by atoms with E-state index in [9.17, 15) is 4.79 Å².